The van der Waals surface area contributed by atoms with Crippen LogP contribution in [0.4, 0.5) is 0 Å². The Balaban J connectivity index is 1.58. The number of thioether (sulfide) groups is 1. The van der Waals surface area contributed by atoms with Gasteiger partial charge in [0.25, 0.3) is 5.91 Å². The Bertz CT molecular complexity index is 602. The first-order valence-electron chi connectivity index (χ1n) is 10.6. The highest BCUT2D eigenvalue weighted by molar-refractivity contribution is 8.26. The minimum Gasteiger partial charge on any atom is -0.368 e. The molecule has 0 aliphatic heterocycles. The lowest BCUT2D eigenvalue weighted by molar-refractivity contribution is 0.0952. The minimum atomic E-state index is -0.779. The van der Waals surface area contributed by atoms with E-state index in [0.717, 1.165) is 57.5 Å². The number of hydrogen-bond donors (Lipinski definition) is 3. The van der Waals surface area contributed by atoms with Crippen LogP contribution in [-0.2, 0) is 0 Å². The van der Waals surface area contributed by atoms with Crippen molar-refractivity contribution in [3.63, 3.8) is 0 Å². The molecular formula is C21H37N3O2P2S. The van der Waals surface area contributed by atoms with Crippen LogP contribution >= 0.6 is 27.4 Å². The molecule has 0 spiro atoms. The molecule has 2 atom stereocenters. The predicted molar refractivity (Wildman–Crippen MR) is 130 cm³/mol. The monoisotopic (exact) mass is 457 g/mol. The van der Waals surface area contributed by atoms with E-state index in [9.17, 15) is 9.69 Å². The van der Waals surface area contributed by atoms with Gasteiger partial charge in [-0.15, -0.1) is 11.8 Å². The molecule has 1 aliphatic rings. The van der Waals surface area contributed by atoms with Crippen molar-refractivity contribution in [3.05, 3.63) is 29.8 Å². The van der Waals surface area contributed by atoms with E-state index in [1.807, 2.05) is 30.5 Å². The standard InChI is InChI=1S/C21H37N3O2P2S/c1-4-15-24(17-14-23-27(2)28(26)19-9-10-19)16-6-5-13-22-21(25)18-7-11-20(29-3)12-8-18/h7-8,11-12,19,23,26H,4-6,9-10,13-17H2,1-3H3,(H,22,25). The van der Waals surface area contributed by atoms with Gasteiger partial charge in [0, 0.05) is 43.5 Å². The Morgan fingerprint density at radius 1 is 1.17 bits per heavy atom. The summed E-state index contributed by atoms with van der Waals surface area (Å²) in [5.41, 5.74) is 1.34. The molecule has 1 aromatic carbocycles. The van der Waals surface area contributed by atoms with Gasteiger partial charge in [-0.2, -0.15) is 0 Å². The zero-order valence-electron chi connectivity index (χ0n) is 18.1. The minimum absolute atomic E-state index is 0.0136. The van der Waals surface area contributed by atoms with E-state index in [4.69, 9.17) is 0 Å². The topological polar surface area (TPSA) is 64.6 Å². The first kappa shape index (κ1) is 25.0. The summed E-state index contributed by atoms with van der Waals surface area (Å²) in [6.45, 7) is 9.27. The molecule has 29 heavy (non-hydrogen) atoms. The van der Waals surface area contributed by atoms with Crippen LogP contribution in [0.15, 0.2) is 29.2 Å². The SMILES string of the molecule is CCCN(CCCCNC(=O)c1ccc(SC)cc1)CCNP(C)P(O)C1CC1. The zero-order valence-corrected chi connectivity index (χ0v) is 20.7. The van der Waals surface area contributed by atoms with Crippen molar-refractivity contribution in [3.8, 4) is 0 Å². The van der Waals surface area contributed by atoms with Crippen molar-refractivity contribution in [1.29, 1.82) is 0 Å². The number of carbonyl (C=O) groups excluding carboxylic acids is 1. The van der Waals surface area contributed by atoms with Gasteiger partial charge in [-0.25, -0.2) is 0 Å². The second-order valence-electron chi connectivity index (χ2n) is 7.52. The molecule has 1 aromatic rings. The Hall–Kier alpha value is -0.220. The van der Waals surface area contributed by atoms with Gasteiger partial charge in [-0.1, -0.05) is 6.92 Å². The molecule has 1 aliphatic carbocycles. The number of benzene rings is 1. The highest BCUT2D eigenvalue weighted by atomic mass is 32.2. The molecule has 2 rings (SSSR count). The summed E-state index contributed by atoms with van der Waals surface area (Å²) in [5.74, 6) is 0.0136. The number of hydrogen-bond acceptors (Lipinski definition) is 5. The lowest BCUT2D eigenvalue weighted by atomic mass is 10.2. The van der Waals surface area contributed by atoms with Crippen molar-refractivity contribution in [2.75, 3.05) is 45.6 Å². The quantitative estimate of drug-likeness (QED) is 0.202. The van der Waals surface area contributed by atoms with E-state index in [2.05, 4.69) is 28.9 Å². The van der Waals surface area contributed by atoms with Gasteiger partial charge in [0.05, 0.1) is 7.84 Å². The van der Waals surface area contributed by atoms with Crippen molar-refractivity contribution < 1.29 is 9.69 Å². The average molecular weight is 458 g/mol. The maximum Gasteiger partial charge on any atom is 0.251 e. The Labute approximate surface area is 183 Å². The Kier molecular flexibility index (Phi) is 12.1. The molecule has 1 saturated carbocycles. The van der Waals surface area contributed by atoms with Gasteiger partial charge in [-0.3, -0.25) is 9.88 Å². The summed E-state index contributed by atoms with van der Waals surface area (Å²) in [5, 5.41) is 6.61. The largest absolute Gasteiger partial charge is 0.368 e. The fraction of sp³-hybridized carbons (Fsp3) is 0.667. The average Bonchev–Trinajstić information content (AvgIpc) is 3.58. The predicted octanol–water partition coefficient (Wildman–Crippen LogP) is 4.71. The number of carbonyl (C=O) groups is 1. The molecule has 3 N–H and O–H groups in total. The third kappa shape index (κ3) is 9.63. The highest BCUT2D eigenvalue weighted by Gasteiger charge is 2.33. The van der Waals surface area contributed by atoms with E-state index < -0.39 is 15.6 Å². The number of nitrogens with zero attached hydrogens (tertiary/aromatic N) is 1. The van der Waals surface area contributed by atoms with Gasteiger partial charge >= 0.3 is 0 Å². The zero-order chi connectivity index (χ0) is 21.1. The van der Waals surface area contributed by atoms with Crippen LogP contribution < -0.4 is 10.4 Å². The van der Waals surface area contributed by atoms with Crippen LogP contribution in [0.3, 0.4) is 0 Å². The van der Waals surface area contributed by atoms with Crippen molar-refractivity contribution in [2.24, 2.45) is 0 Å². The normalized spacial score (nSPS) is 16.0. The summed E-state index contributed by atoms with van der Waals surface area (Å²) in [6, 6.07) is 7.76. The third-order valence-corrected chi connectivity index (χ3v) is 11.5. The van der Waals surface area contributed by atoms with Crippen LogP contribution in [0.1, 0.15) is 49.4 Å². The van der Waals surface area contributed by atoms with Gasteiger partial charge in [0.2, 0.25) is 0 Å². The molecule has 1 fully saturated rings. The summed E-state index contributed by atoms with van der Waals surface area (Å²) in [4.78, 5) is 26.1. The molecule has 0 radical (unpaired) electrons. The fourth-order valence-corrected chi connectivity index (χ4v) is 8.13. The van der Waals surface area contributed by atoms with Crippen LogP contribution in [0.2, 0.25) is 0 Å². The summed E-state index contributed by atoms with van der Waals surface area (Å²) in [7, 11) is -1.19. The van der Waals surface area contributed by atoms with E-state index in [0.29, 0.717) is 5.66 Å². The lowest BCUT2D eigenvalue weighted by Crippen LogP contribution is -2.32. The smallest absolute Gasteiger partial charge is 0.251 e. The lowest BCUT2D eigenvalue weighted by Gasteiger charge is -2.24. The van der Waals surface area contributed by atoms with E-state index >= 15 is 0 Å². The highest BCUT2D eigenvalue weighted by Crippen LogP contribution is 2.69. The number of nitrogens with one attached hydrogen (secondary N) is 2. The Morgan fingerprint density at radius 2 is 1.90 bits per heavy atom. The van der Waals surface area contributed by atoms with Crippen LogP contribution in [0.5, 0.6) is 0 Å². The third-order valence-electron chi connectivity index (χ3n) is 5.03. The molecule has 164 valence electrons. The molecular weight excluding hydrogens is 420 g/mol. The molecule has 0 heterocycles. The van der Waals surface area contributed by atoms with Gasteiger partial charge in [-0.05, 0) is 82.4 Å². The first-order chi connectivity index (χ1) is 14.0. The van der Waals surface area contributed by atoms with Crippen LogP contribution in [-0.4, -0.2) is 67.0 Å². The van der Waals surface area contributed by atoms with Crippen molar-refractivity contribution in [2.45, 2.75) is 49.6 Å². The molecule has 0 saturated heterocycles. The van der Waals surface area contributed by atoms with E-state index in [1.54, 1.807) is 11.8 Å². The maximum atomic E-state index is 12.2. The Morgan fingerprint density at radius 3 is 2.52 bits per heavy atom. The van der Waals surface area contributed by atoms with Gasteiger partial charge in [0.1, 0.15) is 0 Å². The maximum absolute atomic E-state index is 12.2. The summed E-state index contributed by atoms with van der Waals surface area (Å²) >= 11 is 1.68. The molecule has 2 unspecified atom stereocenters. The molecule has 1 amide bonds. The molecule has 0 bridgehead atoms. The molecule has 8 heteroatoms. The fourth-order valence-electron chi connectivity index (χ4n) is 3.15. The number of rotatable bonds is 15. The van der Waals surface area contributed by atoms with Gasteiger partial charge in [0.15, 0.2) is 0 Å². The molecule has 5 nitrogen and oxygen atoms in total. The summed E-state index contributed by atoms with van der Waals surface area (Å²) < 4.78 is 0. The van der Waals surface area contributed by atoms with Crippen LogP contribution in [0, 0.1) is 0 Å². The number of amides is 1. The van der Waals surface area contributed by atoms with Crippen molar-refractivity contribution in [1.82, 2.24) is 15.3 Å². The van der Waals surface area contributed by atoms with Gasteiger partial charge < -0.3 is 15.1 Å². The molecule has 0 aromatic heterocycles. The van der Waals surface area contributed by atoms with Crippen molar-refractivity contribution >= 4 is 33.3 Å². The summed E-state index contributed by atoms with van der Waals surface area (Å²) in [6.07, 6.45) is 7.70. The second-order valence-corrected chi connectivity index (χ2v) is 14.2. The van der Waals surface area contributed by atoms with E-state index in [1.165, 1.54) is 17.7 Å². The van der Waals surface area contributed by atoms with E-state index in [-0.39, 0.29) is 5.91 Å². The van der Waals surface area contributed by atoms with Crippen LogP contribution in [0.25, 0.3) is 0 Å². The number of unbranched alkanes of at least 4 members (excludes halogenated alkanes) is 1. The second kappa shape index (κ2) is 14.0. The first-order valence-corrected chi connectivity index (χ1v) is 15.7.